The molecule has 0 rings (SSSR count). The zero-order valence-corrected chi connectivity index (χ0v) is 12.2. The van der Waals surface area contributed by atoms with Crippen LogP contribution in [0.15, 0.2) is 0 Å². The average molecular weight is 320 g/mol. The van der Waals surface area contributed by atoms with E-state index in [-0.39, 0.29) is 25.8 Å². The Labute approximate surface area is 90.9 Å². The van der Waals surface area contributed by atoms with Crippen LogP contribution in [-0.2, 0) is 25.8 Å². The van der Waals surface area contributed by atoms with Crippen LogP contribution in [0.5, 0.6) is 0 Å². The summed E-state index contributed by atoms with van der Waals surface area (Å²) in [6, 6.07) is 0. The summed E-state index contributed by atoms with van der Waals surface area (Å²) in [7, 11) is 0. The van der Waals surface area contributed by atoms with Gasteiger partial charge in [0.25, 0.3) is 0 Å². The van der Waals surface area contributed by atoms with E-state index in [1.165, 1.54) is 19.3 Å². The third-order valence-electron chi connectivity index (χ3n) is 2.69. The van der Waals surface area contributed by atoms with Gasteiger partial charge in [-0.2, -0.15) is 18.3 Å². The first-order chi connectivity index (χ1) is 4.58. The van der Waals surface area contributed by atoms with Crippen molar-refractivity contribution in [2.75, 3.05) is 0 Å². The van der Waals surface area contributed by atoms with Gasteiger partial charge in [-0.05, 0) is 0 Å². The Morgan fingerprint density at radius 1 is 1.00 bits per heavy atom. The summed E-state index contributed by atoms with van der Waals surface area (Å²) in [5, 5.41) is 0. The van der Waals surface area contributed by atoms with Crippen molar-refractivity contribution in [2.24, 2.45) is 5.41 Å². The van der Waals surface area contributed by atoms with Gasteiger partial charge in [-0.3, -0.25) is 0 Å². The SMILES string of the molecule is CC[C-](CC)C(C)(C)CC.[Hf]. The van der Waals surface area contributed by atoms with E-state index in [0.29, 0.717) is 5.41 Å². The molecule has 66 valence electrons. The van der Waals surface area contributed by atoms with E-state index in [4.69, 9.17) is 0 Å². The number of rotatable bonds is 4. The summed E-state index contributed by atoms with van der Waals surface area (Å²) in [6.07, 6.45) is 3.76. The van der Waals surface area contributed by atoms with Gasteiger partial charge in [-0.25, -0.2) is 0 Å². The van der Waals surface area contributed by atoms with Crippen molar-refractivity contribution in [2.45, 2.75) is 53.9 Å². The third-order valence-corrected chi connectivity index (χ3v) is 2.69. The largest absolute Gasteiger partial charge is 0.309 e. The van der Waals surface area contributed by atoms with E-state index in [1.807, 2.05) is 0 Å². The molecule has 0 aromatic rings. The van der Waals surface area contributed by atoms with Crippen molar-refractivity contribution in [1.29, 1.82) is 0 Å². The van der Waals surface area contributed by atoms with Crippen molar-refractivity contribution >= 4 is 0 Å². The second kappa shape index (κ2) is 6.39. The smallest absolute Gasteiger partial charge is 0 e. The summed E-state index contributed by atoms with van der Waals surface area (Å²) >= 11 is 0. The Balaban J connectivity index is 0. The van der Waals surface area contributed by atoms with Gasteiger partial charge in [-0.1, -0.05) is 41.0 Å². The molecular formula is C10H21Hf-. The van der Waals surface area contributed by atoms with Crippen LogP contribution in [0.1, 0.15) is 53.9 Å². The fraction of sp³-hybridized carbons (Fsp3) is 0.900. The minimum Gasteiger partial charge on any atom is -0.309 e. The van der Waals surface area contributed by atoms with Crippen LogP contribution in [0.25, 0.3) is 0 Å². The van der Waals surface area contributed by atoms with Crippen LogP contribution < -0.4 is 0 Å². The Kier molecular flexibility index (Phi) is 8.37. The molecule has 0 aliphatic carbocycles. The first-order valence-corrected chi connectivity index (χ1v) is 4.43. The van der Waals surface area contributed by atoms with Crippen LogP contribution >= 0.6 is 0 Å². The van der Waals surface area contributed by atoms with Crippen molar-refractivity contribution in [3.8, 4) is 0 Å². The molecule has 0 heterocycles. The van der Waals surface area contributed by atoms with Crippen LogP contribution in [-0.4, -0.2) is 0 Å². The Bertz CT molecular complexity index is 82.9. The molecule has 0 aromatic heterocycles. The zero-order chi connectivity index (χ0) is 8.20. The van der Waals surface area contributed by atoms with E-state index in [9.17, 15) is 0 Å². The molecule has 0 bridgehead atoms. The molecule has 0 saturated carbocycles. The number of hydrogen-bond acceptors (Lipinski definition) is 0. The summed E-state index contributed by atoms with van der Waals surface area (Å²) in [4.78, 5) is 0. The molecule has 0 radical (unpaired) electrons. The maximum atomic E-state index is 2.34. The van der Waals surface area contributed by atoms with Gasteiger partial charge in [0.05, 0.1) is 0 Å². The Morgan fingerprint density at radius 2 is 1.36 bits per heavy atom. The fourth-order valence-electron chi connectivity index (χ4n) is 1.46. The van der Waals surface area contributed by atoms with Crippen LogP contribution in [0.3, 0.4) is 0 Å². The first-order valence-electron chi connectivity index (χ1n) is 4.43. The number of hydrogen-bond donors (Lipinski definition) is 0. The normalized spacial score (nSPS) is 11.5. The topological polar surface area (TPSA) is 0 Å². The molecule has 0 N–H and O–H groups in total. The van der Waals surface area contributed by atoms with Gasteiger partial charge in [0.15, 0.2) is 0 Å². The van der Waals surface area contributed by atoms with Crippen LogP contribution in [0.2, 0.25) is 0 Å². The van der Waals surface area contributed by atoms with E-state index in [0.717, 1.165) is 0 Å². The molecule has 0 atom stereocenters. The second-order valence-electron chi connectivity index (χ2n) is 3.55. The summed E-state index contributed by atoms with van der Waals surface area (Å²) in [6.45, 7) is 11.5. The molecule has 0 fully saturated rings. The Morgan fingerprint density at radius 3 is 1.45 bits per heavy atom. The molecule has 0 nitrogen and oxygen atoms in total. The van der Waals surface area contributed by atoms with E-state index in [1.54, 1.807) is 5.92 Å². The minimum atomic E-state index is 0. The molecule has 0 unspecified atom stereocenters. The predicted octanol–water partition coefficient (Wildman–Crippen LogP) is 3.81. The Hall–Kier alpha value is 0.870. The summed E-state index contributed by atoms with van der Waals surface area (Å²) < 4.78 is 0. The van der Waals surface area contributed by atoms with E-state index >= 15 is 0 Å². The monoisotopic (exact) mass is 321 g/mol. The minimum absolute atomic E-state index is 0. The molecule has 1 heteroatoms. The van der Waals surface area contributed by atoms with Gasteiger partial charge < -0.3 is 5.92 Å². The molecule has 0 aliphatic rings. The van der Waals surface area contributed by atoms with Gasteiger partial charge in [0, 0.05) is 25.8 Å². The first kappa shape index (κ1) is 14.4. The third kappa shape index (κ3) is 4.45. The molecular weight excluding hydrogens is 299 g/mol. The molecule has 11 heavy (non-hydrogen) atoms. The van der Waals surface area contributed by atoms with Crippen molar-refractivity contribution in [3.63, 3.8) is 0 Å². The second-order valence-corrected chi connectivity index (χ2v) is 3.55. The molecule has 0 aliphatic heterocycles. The van der Waals surface area contributed by atoms with Crippen LogP contribution in [0, 0.1) is 11.3 Å². The molecule has 0 aromatic carbocycles. The molecule has 0 amide bonds. The molecule has 0 saturated heterocycles. The average Bonchev–Trinajstić information content (AvgIpc) is 1.90. The maximum Gasteiger partial charge on any atom is 0 e. The van der Waals surface area contributed by atoms with E-state index < -0.39 is 0 Å². The summed E-state index contributed by atoms with van der Waals surface area (Å²) in [5.41, 5.74) is 0.476. The fourth-order valence-corrected chi connectivity index (χ4v) is 1.46. The van der Waals surface area contributed by atoms with Gasteiger partial charge in [0.1, 0.15) is 0 Å². The quantitative estimate of drug-likeness (QED) is 0.546. The van der Waals surface area contributed by atoms with E-state index in [2.05, 4.69) is 34.6 Å². The van der Waals surface area contributed by atoms with Crippen LogP contribution in [0.4, 0.5) is 0 Å². The molecule has 0 spiro atoms. The predicted molar refractivity (Wildman–Crippen MR) is 47.9 cm³/mol. The van der Waals surface area contributed by atoms with Crippen molar-refractivity contribution in [1.82, 2.24) is 0 Å². The van der Waals surface area contributed by atoms with Crippen molar-refractivity contribution < 1.29 is 25.8 Å². The van der Waals surface area contributed by atoms with Gasteiger partial charge in [0.2, 0.25) is 0 Å². The summed E-state index contributed by atoms with van der Waals surface area (Å²) in [5.74, 6) is 1.70. The maximum absolute atomic E-state index is 2.34. The standard InChI is InChI=1S/C10H21.Hf/c1-6-9(7-2)10(4,5)8-3;/h6-8H2,1-5H3;/q-1;. The van der Waals surface area contributed by atoms with Gasteiger partial charge in [-0.15, -0.1) is 0 Å². The van der Waals surface area contributed by atoms with Crippen molar-refractivity contribution in [3.05, 3.63) is 5.92 Å². The van der Waals surface area contributed by atoms with Gasteiger partial charge >= 0.3 is 0 Å². The zero-order valence-electron chi connectivity index (χ0n) is 8.62.